The van der Waals surface area contributed by atoms with Crippen molar-refractivity contribution in [2.24, 2.45) is 0 Å². The minimum Gasteiger partial charge on any atom is -0.383 e. The summed E-state index contributed by atoms with van der Waals surface area (Å²) in [5.74, 6) is -0.224. The second-order valence-electron chi connectivity index (χ2n) is 4.88. The lowest BCUT2D eigenvalue weighted by atomic mass is 10.1. The highest BCUT2D eigenvalue weighted by molar-refractivity contribution is 6.30. The second kappa shape index (κ2) is 6.76. The summed E-state index contributed by atoms with van der Waals surface area (Å²) >= 11 is 5.93. The zero-order valence-electron chi connectivity index (χ0n) is 12.5. The van der Waals surface area contributed by atoms with Crippen molar-refractivity contribution in [2.75, 3.05) is 20.3 Å². The van der Waals surface area contributed by atoms with E-state index in [0.29, 0.717) is 29.4 Å². The molecule has 0 aliphatic carbocycles. The van der Waals surface area contributed by atoms with Gasteiger partial charge in [-0.25, -0.2) is 9.50 Å². The van der Waals surface area contributed by atoms with Crippen LogP contribution in [0.15, 0.2) is 42.7 Å². The van der Waals surface area contributed by atoms with Gasteiger partial charge in [-0.05, 0) is 18.2 Å². The molecule has 2 heterocycles. The Labute approximate surface area is 138 Å². The zero-order valence-corrected chi connectivity index (χ0v) is 13.2. The number of aromatic nitrogens is 3. The molecule has 0 saturated carbocycles. The third-order valence-electron chi connectivity index (χ3n) is 3.38. The number of benzene rings is 1. The van der Waals surface area contributed by atoms with Crippen molar-refractivity contribution in [3.63, 3.8) is 0 Å². The van der Waals surface area contributed by atoms with E-state index in [4.69, 9.17) is 16.3 Å². The first-order valence-corrected chi connectivity index (χ1v) is 7.44. The summed E-state index contributed by atoms with van der Waals surface area (Å²) in [5.41, 5.74) is 2.71. The zero-order chi connectivity index (χ0) is 16.2. The van der Waals surface area contributed by atoms with Crippen LogP contribution in [-0.2, 0) is 4.74 Å². The summed E-state index contributed by atoms with van der Waals surface area (Å²) in [4.78, 5) is 16.5. The number of methoxy groups -OCH3 is 1. The standard InChI is InChI=1S/C16H15ClN4O2/c1-23-9-8-19-16(22)13-10-20-21-14(6-7-18-15(13)21)11-2-4-12(17)5-3-11/h2-7,10H,8-9H2,1H3,(H,19,22). The highest BCUT2D eigenvalue weighted by Gasteiger charge is 2.15. The lowest BCUT2D eigenvalue weighted by Gasteiger charge is -2.06. The Hall–Kier alpha value is -2.44. The van der Waals surface area contributed by atoms with Crippen LogP contribution in [-0.4, -0.2) is 40.8 Å². The molecule has 0 atom stereocenters. The van der Waals surface area contributed by atoms with Crippen LogP contribution in [0, 0.1) is 0 Å². The Kier molecular flexibility index (Phi) is 4.55. The van der Waals surface area contributed by atoms with Gasteiger partial charge in [-0.2, -0.15) is 5.10 Å². The summed E-state index contributed by atoms with van der Waals surface area (Å²) in [6.45, 7) is 0.887. The lowest BCUT2D eigenvalue weighted by molar-refractivity contribution is 0.0938. The van der Waals surface area contributed by atoms with Crippen LogP contribution >= 0.6 is 11.6 Å². The molecule has 118 valence electrons. The van der Waals surface area contributed by atoms with Crippen molar-refractivity contribution < 1.29 is 9.53 Å². The maximum atomic E-state index is 12.2. The topological polar surface area (TPSA) is 68.5 Å². The average molecular weight is 331 g/mol. The molecule has 0 fully saturated rings. The first-order valence-electron chi connectivity index (χ1n) is 7.06. The van der Waals surface area contributed by atoms with Crippen LogP contribution in [0.1, 0.15) is 10.4 Å². The molecule has 6 nitrogen and oxygen atoms in total. The van der Waals surface area contributed by atoms with E-state index in [1.807, 2.05) is 30.3 Å². The summed E-state index contributed by atoms with van der Waals surface area (Å²) in [6, 6.07) is 9.26. The number of carbonyl (C=O) groups is 1. The van der Waals surface area contributed by atoms with Crippen LogP contribution in [0.5, 0.6) is 0 Å². The molecule has 0 bridgehead atoms. The largest absolute Gasteiger partial charge is 0.383 e. The molecule has 7 heteroatoms. The van der Waals surface area contributed by atoms with Gasteiger partial charge in [0.2, 0.25) is 0 Å². The van der Waals surface area contributed by atoms with Crippen LogP contribution in [0.4, 0.5) is 0 Å². The minimum absolute atomic E-state index is 0.224. The number of halogens is 1. The highest BCUT2D eigenvalue weighted by atomic mass is 35.5. The molecule has 0 unspecified atom stereocenters. The van der Waals surface area contributed by atoms with E-state index >= 15 is 0 Å². The molecule has 0 spiro atoms. The van der Waals surface area contributed by atoms with Crippen LogP contribution in [0.25, 0.3) is 16.9 Å². The summed E-state index contributed by atoms with van der Waals surface area (Å²) in [7, 11) is 1.58. The molecule has 3 rings (SSSR count). The number of ether oxygens (including phenoxy) is 1. The fourth-order valence-electron chi connectivity index (χ4n) is 2.25. The van der Waals surface area contributed by atoms with Crippen molar-refractivity contribution in [1.29, 1.82) is 0 Å². The molecule has 1 amide bonds. The van der Waals surface area contributed by atoms with Crippen LogP contribution < -0.4 is 5.32 Å². The Morgan fingerprint density at radius 1 is 1.30 bits per heavy atom. The second-order valence-corrected chi connectivity index (χ2v) is 5.32. The molecular formula is C16H15ClN4O2. The van der Waals surface area contributed by atoms with Gasteiger partial charge in [-0.1, -0.05) is 23.7 Å². The van der Waals surface area contributed by atoms with Gasteiger partial charge >= 0.3 is 0 Å². The maximum absolute atomic E-state index is 12.2. The Balaban J connectivity index is 1.97. The van der Waals surface area contributed by atoms with Gasteiger partial charge in [0.1, 0.15) is 5.56 Å². The molecule has 2 aromatic heterocycles. The number of carbonyl (C=O) groups excluding carboxylic acids is 1. The monoisotopic (exact) mass is 330 g/mol. The molecule has 1 N–H and O–H groups in total. The molecule has 1 aromatic carbocycles. The van der Waals surface area contributed by atoms with Crippen molar-refractivity contribution in [2.45, 2.75) is 0 Å². The predicted octanol–water partition coefficient (Wildman–Crippen LogP) is 2.43. The van der Waals surface area contributed by atoms with E-state index < -0.39 is 0 Å². The van der Waals surface area contributed by atoms with E-state index in [1.54, 1.807) is 17.8 Å². The number of nitrogens with zero attached hydrogens (tertiary/aromatic N) is 3. The SMILES string of the molecule is COCCNC(=O)c1cnn2c(-c3ccc(Cl)cc3)ccnc12. The van der Waals surface area contributed by atoms with E-state index in [9.17, 15) is 4.79 Å². The van der Waals surface area contributed by atoms with Gasteiger partial charge in [0.05, 0.1) is 18.5 Å². The molecule has 0 aliphatic rings. The Morgan fingerprint density at radius 2 is 2.09 bits per heavy atom. The van der Waals surface area contributed by atoms with E-state index in [0.717, 1.165) is 11.3 Å². The molecule has 3 aromatic rings. The van der Waals surface area contributed by atoms with Gasteiger partial charge in [0.25, 0.3) is 5.91 Å². The van der Waals surface area contributed by atoms with Crippen molar-refractivity contribution >= 4 is 23.2 Å². The molecular weight excluding hydrogens is 316 g/mol. The number of fused-ring (bicyclic) bond motifs is 1. The van der Waals surface area contributed by atoms with Gasteiger partial charge in [0.15, 0.2) is 5.65 Å². The van der Waals surface area contributed by atoms with Gasteiger partial charge in [-0.3, -0.25) is 4.79 Å². The summed E-state index contributed by atoms with van der Waals surface area (Å²) in [5, 5.41) is 7.73. The molecule has 0 saturated heterocycles. The first-order chi connectivity index (χ1) is 11.2. The van der Waals surface area contributed by atoms with Crippen LogP contribution in [0.3, 0.4) is 0 Å². The molecule has 23 heavy (non-hydrogen) atoms. The number of hydrogen-bond acceptors (Lipinski definition) is 4. The lowest BCUT2D eigenvalue weighted by Crippen LogP contribution is -2.26. The normalized spacial score (nSPS) is 10.9. The average Bonchev–Trinajstić information content (AvgIpc) is 3.00. The molecule has 0 radical (unpaired) electrons. The number of hydrogen-bond donors (Lipinski definition) is 1. The number of rotatable bonds is 5. The summed E-state index contributed by atoms with van der Waals surface area (Å²) in [6.07, 6.45) is 3.18. The number of nitrogens with one attached hydrogen (secondary N) is 1. The quantitative estimate of drug-likeness (QED) is 0.729. The number of amides is 1. The smallest absolute Gasteiger partial charge is 0.256 e. The third-order valence-corrected chi connectivity index (χ3v) is 3.63. The van der Waals surface area contributed by atoms with Crippen molar-refractivity contribution in [3.8, 4) is 11.3 Å². The Bertz CT molecular complexity index is 830. The highest BCUT2D eigenvalue weighted by Crippen LogP contribution is 2.22. The molecule has 0 aliphatic heterocycles. The van der Waals surface area contributed by atoms with Gasteiger partial charge in [0, 0.05) is 30.4 Å². The van der Waals surface area contributed by atoms with E-state index in [1.165, 1.54) is 6.20 Å². The van der Waals surface area contributed by atoms with E-state index in [-0.39, 0.29) is 5.91 Å². The third kappa shape index (κ3) is 3.18. The van der Waals surface area contributed by atoms with Crippen molar-refractivity contribution in [3.05, 3.63) is 53.3 Å². The predicted molar refractivity (Wildman–Crippen MR) is 87.6 cm³/mol. The fraction of sp³-hybridized carbons (Fsp3) is 0.188. The Morgan fingerprint density at radius 3 is 2.83 bits per heavy atom. The minimum atomic E-state index is -0.224. The van der Waals surface area contributed by atoms with Crippen LogP contribution in [0.2, 0.25) is 5.02 Å². The maximum Gasteiger partial charge on any atom is 0.256 e. The van der Waals surface area contributed by atoms with Gasteiger partial charge < -0.3 is 10.1 Å². The van der Waals surface area contributed by atoms with Gasteiger partial charge in [-0.15, -0.1) is 0 Å². The summed E-state index contributed by atoms with van der Waals surface area (Å²) < 4.78 is 6.57. The first kappa shape index (κ1) is 15.5. The van der Waals surface area contributed by atoms with Crippen molar-refractivity contribution in [1.82, 2.24) is 19.9 Å². The fourth-order valence-corrected chi connectivity index (χ4v) is 2.38. The van der Waals surface area contributed by atoms with E-state index in [2.05, 4.69) is 15.4 Å².